The standard InChI is InChI=1S/C24H20FN3O6S/c1-33-23(31)14-9-7-13(8-10-14)19-15(11-26)22(28-21(30)20(19)24(32)34-2)35-12-18(29)27-17-6-4-3-5-16(17)25/h3-10,19-20H,12H2,1-2H3,(H,27,29)(H,28,30)/t19-,20-/m0/s1. The van der Waals surface area contributed by atoms with Gasteiger partial charge in [0.25, 0.3) is 0 Å². The van der Waals surface area contributed by atoms with E-state index in [2.05, 4.69) is 15.4 Å². The third-order valence-electron chi connectivity index (χ3n) is 5.17. The molecule has 1 aliphatic rings. The Kier molecular flexibility index (Phi) is 8.22. The second-order valence-electron chi connectivity index (χ2n) is 7.25. The largest absolute Gasteiger partial charge is 0.468 e. The third kappa shape index (κ3) is 5.67. The van der Waals surface area contributed by atoms with E-state index in [4.69, 9.17) is 4.74 Å². The molecule has 2 N–H and O–H groups in total. The first-order valence-corrected chi connectivity index (χ1v) is 11.2. The predicted octanol–water partition coefficient (Wildman–Crippen LogP) is 2.72. The summed E-state index contributed by atoms with van der Waals surface area (Å²) >= 11 is 0.863. The van der Waals surface area contributed by atoms with E-state index in [0.717, 1.165) is 18.9 Å². The Bertz CT molecular complexity index is 1240. The van der Waals surface area contributed by atoms with Gasteiger partial charge in [-0.1, -0.05) is 36.0 Å². The Morgan fingerprint density at radius 2 is 1.80 bits per heavy atom. The minimum absolute atomic E-state index is 0.00501. The molecule has 180 valence electrons. The Labute approximate surface area is 204 Å². The molecule has 3 rings (SSSR count). The number of esters is 2. The van der Waals surface area contributed by atoms with Crippen LogP contribution in [0.1, 0.15) is 21.8 Å². The first kappa shape index (κ1) is 25.5. The number of nitrogens with one attached hydrogen (secondary N) is 2. The van der Waals surface area contributed by atoms with Crippen LogP contribution in [0.3, 0.4) is 0 Å². The van der Waals surface area contributed by atoms with Gasteiger partial charge >= 0.3 is 11.9 Å². The van der Waals surface area contributed by atoms with E-state index >= 15 is 0 Å². The Morgan fingerprint density at radius 3 is 2.40 bits per heavy atom. The number of amides is 2. The van der Waals surface area contributed by atoms with Crippen LogP contribution in [-0.4, -0.2) is 43.7 Å². The number of benzene rings is 2. The molecule has 2 atom stereocenters. The molecule has 0 radical (unpaired) electrons. The van der Waals surface area contributed by atoms with Crippen molar-refractivity contribution in [3.8, 4) is 6.07 Å². The third-order valence-corrected chi connectivity index (χ3v) is 6.19. The fourth-order valence-electron chi connectivity index (χ4n) is 3.51. The van der Waals surface area contributed by atoms with Crippen molar-refractivity contribution in [3.05, 3.63) is 76.1 Å². The van der Waals surface area contributed by atoms with Crippen LogP contribution in [0.5, 0.6) is 0 Å². The van der Waals surface area contributed by atoms with Crippen LogP contribution in [0.15, 0.2) is 59.1 Å². The van der Waals surface area contributed by atoms with E-state index in [0.29, 0.717) is 5.56 Å². The second-order valence-corrected chi connectivity index (χ2v) is 8.24. The van der Waals surface area contributed by atoms with Crippen molar-refractivity contribution in [1.29, 1.82) is 5.26 Å². The maximum Gasteiger partial charge on any atom is 0.337 e. The lowest BCUT2D eigenvalue weighted by Crippen LogP contribution is -2.44. The lowest BCUT2D eigenvalue weighted by atomic mass is 9.78. The average molecular weight is 498 g/mol. The van der Waals surface area contributed by atoms with Crippen molar-refractivity contribution in [2.24, 2.45) is 5.92 Å². The quantitative estimate of drug-likeness (QED) is 0.441. The summed E-state index contributed by atoms with van der Waals surface area (Å²) in [6.45, 7) is 0. The zero-order valence-electron chi connectivity index (χ0n) is 18.7. The number of allylic oxidation sites excluding steroid dienone is 1. The summed E-state index contributed by atoms with van der Waals surface area (Å²) in [5.41, 5.74) is 0.686. The number of hydrogen-bond donors (Lipinski definition) is 2. The van der Waals surface area contributed by atoms with Crippen LogP contribution in [0.4, 0.5) is 10.1 Å². The number of carbonyl (C=O) groups excluding carboxylic acids is 4. The molecule has 2 aromatic rings. The molecule has 0 bridgehead atoms. The number of ether oxygens (including phenoxy) is 2. The first-order valence-electron chi connectivity index (χ1n) is 10.2. The predicted molar refractivity (Wildman–Crippen MR) is 124 cm³/mol. The van der Waals surface area contributed by atoms with Crippen LogP contribution in [0, 0.1) is 23.1 Å². The second kappa shape index (κ2) is 11.3. The summed E-state index contributed by atoms with van der Waals surface area (Å²) in [6.07, 6.45) is 0. The molecular formula is C24H20FN3O6S. The summed E-state index contributed by atoms with van der Waals surface area (Å²) in [6, 6.07) is 13.6. The van der Waals surface area contributed by atoms with Crippen LogP contribution < -0.4 is 10.6 Å². The number of rotatable bonds is 7. The van der Waals surface area contributed by atoms with Crippen LogP contribution >= 0.6 is 11.8 Å². The van der Waals surface area contributed by atoms with Crippen molar-refractivity contribution >= 4 is 41.2 Å². The molecule has 2 aromatic carbocycles. The number of nitriles is 1. The molecular weight excluding hydrogens is 477 g/mol. The SMILES string of the molecule is COC(=O)c1ccc([C@H]2C(C#N)=C(SCC(=O)Nc3ccccc3F)NC(=O)[C@H]2C(=O)OC)cc1. The average Bonchev–Trinajstić information content (AvgIpc) is 2.87. The number of halogens is 1. The molecule has 11 heteroatoms. The van der Waals surface area contributed by atoms with E-state index in [9.17, 15) is 28.8 Å². The molecule has 1 heterocycles. The van der Waals surface area contributed by atoms with Gasteiger partial charge < -0.3 is 20.1 Å². The minimum Gasteiger partial charge on any atom is -0.468 e. The first-order chi connectivity index (χ1) is 16.8. The molecule has 0 saturated carbocycles. The highest BCUT2D eigenvalue weighted by Crippen LogP contribution is 2.40. The highest BCUT2D eigenvalue weighted by atomic mass is 32.2. The fraction of sp³-hybridized carbons (Fsp3) is 0.208. The molecule has 35 heavy (non-hydrogen) atoms. The fourth-order valence-corrected chi connectivity index (χ4v) is 4.36. The summed E-state index contributed by atoms with van der Waals surface area (Å²) in [7, 11) is 2.36. The van der Waals surface area contributed by atoms with Gasteiger partial charge in [-0.05, 0) is 29.8 Å². The molecule has 2 amide bonds. The monoisotopic (exact) mass is 497 g/mol. The lowest BCUT2D eigenvalue weighted by Gasteiger charge is -2.31. The molecule has 0 unspecified atom stereocenters. The van der Waals surface area contributed by atoms with Crippen molar-refractivity contribution in [2.75, 3.05) is 25.3 Å². The van der Waals surface area contributed by atoms with Gasteiger partial charge in [0.2, 0.25) is 11.8 Å². The van der Waals surface area contributed by atoms with Crippen molar-refractivity contribution < 1.29 is 33.0 Å². The van der Waals surface area contributed by atoms with E-state index in [-0.39, 0.29) is 27.6 Å². The van der Waals surface area contributed by atoms with Crippen LogP contribution in [0.25, 0.3) is 0 Å². The molecule has 1 aliphatic heterocycles. The van der Waals surface area contributed by atoms with E-state index < -0.39 is 41.4 Å². The zero-order valence-corrected chi connectivity index (χ0v) is 19.5. The molecule has 0 spiro atoms. The van der Waals surface area contributed by atoms with Crippen LogP contribution in [-0.2, 0) is 23.9 Å². The Hall–Kier alpha value is -4.17. The normalized spacial score (nSPS) is 17.1. The smallest absolute Gasteiger partial charge is 0.337 e. The number of nitrogens with zero attached hydrogens (tertiary/aromatic N) is 1. The van der Waals surface area contributed by atoms with E-state index in [1.165, 1.54) is 49.6 Å². The summed E-state index contributed by atoms with van der Waals surface area (Å²) < 4.78 is 23.3. The Morgan fingerprint density at radius 1 is 1.11 bits per heavy atom. The topological polar surface area (TPSA) is 135 Å². The Balaban J connectivity index is 1.92. The van der Waals surface area contributed by atoms with Crippen molar-refractivity contribution in [3.63, 3.8) is 0 Å². The van der Waals surface area contributed by atoms with Gasteiger partial charge in [-0.15, -0.1) is 0 Å². The minimum atomic E-state index is -1.37. The molecule has 0 aromatic heterocycles. The number of carbonyl (C=O) groups is 4. The van der Waals surface area contributed by atoms with Gasteiger partial charge in [0, 0.05) is 5.92 Å². The van der Waals surface area contributed by atoms with Gasteiger partial charge in [-0.25, -0.2) is 9.18 Å². The number of thioether (sulfide) groups is 1. The highest BCUT2D eigenvalue weighted by molar-refractivity contribution is 8.03. The van der Waals surface area contributed by atoms with E-state index in [1.807, 2.05) is 6.07 Å². The summed E-state index contributed by atoms with van der Waals surface area (Å²) in [5.74, 6) is -5.94. The van der Waals surface area contributed by atoms with Gasteiger partial charge in [0.1, 0.15) is 11.7 Å². The highest BCUT2D eigenvalue weighted by Gasteiger charge is 2.44. The molecule has 0 aliphatic carbocycles. The van der Waals surface area contributed by atoms with Crippen molar-refractivity contribution in [1.82, 2.24) is 5.32 Å². The van der Waals surface area contributed by atoms with E-state index in [1.54, 1.807) is 6.07 Å². The molecule has 9 nitrogen and oxygen atoms in total. The summed E-state index contributed by atoms with van der Waals surface area (Å²) in [5, 5.41) is 14.9. The van der Waals surface area contributed by atoms with Gasteiger partial charge in [0.15, 0.2) is 0 Å². The summed E-state index contributed by atoms with van der Waals surface area (Å²) in [4.78, 5) is 49.4. The number of anilines is 1. The zero-order chi connectivity index (χ0) is 25.5. The van der Waals surface area contributed by atoms with Crippen molar-refractivity contribution in [2.45, 2.75) is 5.92 Å². The maximum absolute atomic E-state index is 13.8. The molecule has 0 saturated heterocycles. The van der Waals surface area contributed by atoms with Gasteiger partial charge in [-0.2, -0.15) is 5.26 Å². The molecule has 0 fully saturated rings. The van der Waals surface area contributed by atoms with Gasteiger partial charge in [0.05, 0.1) is 47.9 Å². The number of hydrogen-bond acceptors (Lipinski definition) is 8. The lowest BCUT2D eigenvalue weighted by molar-refractivity contribution is -0.150. The van der Waals surface area contributed by atoms with Crippen LogP contribution in [0.2, 0.25) is 0 Å². The number of para-hydroxylation sites is 1. The van der Waals surface area contributed by atoms with Gasteiger partial charge in [-0.3, -0.25) is 14.4 Å². The maximum atomic E-state index is 13.8. The number of methoxy groups -OCH3 is 2.